The van der Waals surface area contributed by atoms with E-state index in [0.29, 0.717) is 0 Å². The van der Waals surface area contributed by atoms with Crippen molar-refractivity contribution in [1.82, 2.24) is 14.9 Å². The van der Waals surface area contributed by atoms with Gasteiger partial charge in [-0.3, -0.25) is 9.88 Å². The number of piperazine rings is 1. The standard InChI is InChI=1S/C20H22N4O/c1-25-19-6-2-4-16-7-8-17(22-20(16)19)15-23-10-12-24(13-11-23)18-5-3-9-21-14-18/h2-9,14H,10-13,15H2,1H3. The first kappa shape index (κ1) is 15.8. The van der Waals surface area contributed by atoms with Gasteiger partial charge >= 0.3 is 0 Å². The summed E-state index contributed by atoms with van der Waals surface area (Å²) in [6.45, 7) is 4.96. The van der Waals surface area contributed by atoms with Crippen LogP contribution in [0, 0.1) is 0 Å². The maximum Gasteiger partial charge on any atom is 0.145 e. The Kier molecular flexibility index (Phi) is 4.48. The van der Waals surface area contributed by atoms with E-state index in [4.69, 9.17) is 9.72 Å². The Morgan fingerprint density at radius 3 is 2.64 bits per heavy atom. The van der Waals surface area contributed by atoms with Gasteiger partial charge in [-0.1, -0.05) is 18.2 Å². The second-order valence-corrected chi connectivity index (χ2v) is 6.31. The van der Waals surface area contributed by atoms with E-state index in [-0.39, 0.29) is 0 Å². The fourth-order valence-electron chi connectivity index (χ4n) is 3.35. The van der Waals surface area contributed by atoms with Gasteiger partial charge in [-0.15, -0.1) is 0 Å². The van der Waals surface area contributed by atoms with Crippen LogP contribution in [-0.4, -0.2) is 48.2 Å². The van der Waals surface area contributed by atoms with E-state index in [0.717, 1.165) is 55.1 Å². The molecule has 1 fully saturated rings. The number of aromatic nitrogens is 2. The van der Waals surface area contributed by atoms with E-state index >= 15 is 0 Å². The number of rotatable bonds is 4. The fraction of sp³-hybridized carbons (Fsp3) is 0.300. The molecule has 0 atom stereocenters. The summed E-state index contributed by atoms with van der Waals surface area (Å²) in [4.78, 5) is 13.9. The fourth-order valence-corrected chi connectivity index (χ4v) is 3.35. The third-order valence-corrected chi connectivity index (χ3v) is 4.73. The molecular weight excluding hydrogens is 312 g/mol. The van der Waals surface area contributed by atoms with Gasteiger partial charge in [-0.05, 0) is 24.3 Å². The van der Waals surface area contributed by atoms with Crippen molar-refractivity contribution in [3.8, 4) is 5.75 Å². The first-order valence-corrected chi connectivity index (χ1v) is 8.63. The number of hydrogen-bond donors (Lipinski definition) is 0. The lowest BCUT2D eigenvalue weighted by Gasteiger charge is -2.35. The van der Waals surface area contributed by atoms with E-state index in [1.54, 1.807) is 7.11 Å². The maximum atomic E-state index is 5.45. The number of benzene rings is 1. The highest BCUT2D eigenvalue weighted by atomic mass is 16.5. The van der Waals surface area contributed by atoms with Crippen LogP contribution in [0.1, 0.15) is 5.69 Å². The predicted molar refractivity (Wildman–Crippen MR) is 100 cm³/mol. The van der Waals surface area contributed by atoms with Crippen molar-refractivity contribution in [1.29, 1.82) is 0 Å². The topological polar surface area (TPSA) is 41.5 Å². The molecule has 0 bridgehead atoms. The molecule has 0 aliphatic carbocycles. The average Bonchev–Trinajstić information content (AvgIpc) is 2.69. The Bertz CT molecular complexity index is 845. The minimum Gasteiger partial charge on any atom is -0.494 e. The predicted octanol–water partition coefficient (Wildman–Crippen LogP) is 2.96. The zero-order valence-electron chi connectivity index (χ0n) is 14.4. The molecule has 0 amide bonds. The summed E-state index contributed by atoms with van der Waals surface area (Å²) in [5.41, 5.74) is 3.24. The molecule has 25 heavy (non-hydrogen) atoms. The SMILES string of the molecule is COc1cccc2ccc(CN3CCN(c4cccnc4)CC3)nc12. The van der Waals surface area contributed by atoms with E-state index < -0.39 is 0 Å². The highest BCUT2D eigenvalue weighted by Gasteiger charge is 2.18. The number of nitrogens with zero attached hydrogens (tertiary/aromatic N) is 4. The lowest BCUT2D eigenvalue weighted by molar-refractivity contribution is 0.247. The van der Waals surface area contributed by atoms with Crippen LogP contribution in [0.3, 0.4) is 0 Å². The van der Waals surface area contributed by atoms with Crippen LogP contribution in [0.25, 0.3) is 10.9 Å². The molecule has 128 valence electrons. The molecule has 1 aliphatic heterocycles. The Balaban J connectivity index is 1.44. The van der Waals surface area contributed by atoms with Crippen molar-refractivity contribution >= 4 is 16.6 Å². The van der Waals surface area contributed by atoms with Crippen molar-refractivity contribution < 1.29 is 4.74 Å². The van der Waals surface area contributed by atoms with Crippen LogP contribution >= 0.6 is 0 Å². The molecular formula is C20H22N4O. The largest absolute Gasteiger partial charge is 0.494 e. The van der Waals surface area contributed by atoms with Crippen LogP contribution < -0.4 is 9.64 Å². The highest BCUT2D eigenvalue weighted by molar-refractivity contribution is 5.84. The second kappa shape index (κ2) is 7.07. The minimum absolute atomic E-state index is 0.834. The van der Waals surface area contributed by atoms with Crippen molar-refractivity contribution in [2.45, 2.75) is 6.54 Å². The molecule has 5 heteroatoms. The Hall–Kier alpha value is -2.66. The minimum atomic E-state index is 0.834. The number of hydrogen-bond acceptors (Lipinski definition) is 5. The Morgan fingerprint density at radius 1 is 1.00 bits per heavy atom. The number of para-hydroxylation sites is 1. The Morgan fingerprint density at radius 2 is 1.88 bits per heavy atom. The van der Waals surface area contributed by atoms with Crippen LogP contribution in [0.4, 0.5) is 5.69 Å². The molecule has 1 aliphatic rings. The molecule has 0 saturated carbocycles. The number of ether oxygens (including phenoxy) is 1. The smallest absolute Gasteiger partial charge is 0.145 e. The molecule has 4 rings (SSSR count). The molecule has 3 heterocycles. The zero-order chi connectivity index (χ0) is 17.1. The number of pyridine rings is 2. The molecule has 0 spiro atoms. The van der Waals surface area contributed by atoms with Crippen LogP contribution in [-0.2, 0) is 6.54 Å². The van der Waals surface area contributed by atoms with Gasteiger partial charge in [0.1, 0.15) is 11.3 Å². The quantitative estimate of drug-likeness (QED) is 0.734. The number of fused-ring (bicyclic) bond motifs is 1. The van der Waals surface area contributed by atoms with Crippen molar-refractivity contribution in [3.63, 3.8) is 0 Å². The molecule has 1 aromatic carbocycles. The molecule has 3 aromatic rings. The van der Waals surface area contributed by atoms with Gasteiger partial charge in [0.25, 0.3) is 0 Å². The summed E-state index contributed by atoms with van der Waals surface area (Å²) in [7, 11) is 1.70. The highest BCUT2D eigenvalue weighted by Crippen LogP contribution is 2.24. The van der Waals surface area contributed by atoms with Crippen LogP contribution in [0.2, 0.25) is 0 Å². The molecule has 0 radical (unpaired) electrons. The Labute approximate surface area is 147 Å². The summed E-state index contributed by atoms with van der Waals surface area (Å²) in [5.74, 6) is 0.834. The average molecular weight is 334 g/mol. The van der Waals surface area contributed by atoms with Crippen LogP contribution in [0.5, 0.6) is 5.75 Å². The summed E-state index contributed by atoms with van der Waals surface area (Å²) in [6.07, 6.45) is 3.76. The number of anilines is 1. The molecule has 0 unspecified atom stereocenters. The third kappa shape index (κ3) is 3.42. The third-order valence-electron chi connectivity index (χ3n) is 4.73. The van der Waals surface area contributed by atoms with Gasteiger partial charge in [0.15, 0.2) is 0 Å². The summed E-state index contributed by atoms with van der Waals surface area (Å²) in [5, 5.41) is 1.12. The normalized spacial score (nSPS) is 15.5. The first-order chi connectivity index (χ1) is 12.3. The van der Waals surface area contributed by atoms with E-state index in [9.17, 15) is 0 Å². The van der Waals surface area contributed by atoms with Gasteiger partial charge < -0.3 is 9.64 Å². The number of methoxy groups -OCH3 is 1. The first-order valence-electron chi connectivity index (χ1n) is 8.63. The van der Waals surface area contributed by atoms with E-state index in [1.807, 2.05) is 30.6 Å². The lowest BCUT2D eigenvalue weighted by atomic mass is 10.2. The van der Waals surface area contributed by atoms with Crippen molar-refractivity contribution in [3.05, 3.63) is 60.6 Å². The summed E-state index contributed by atoms with van der Waals surface area (Å²) < 4.78 is 5.45. The molecule has 5 nitrogen and oxygen atoms in total. The van der Waals surface area contributed by atoms with E-state index in [1.165, 1.54) is 5.69 Å². The van der Waals surface area contributed by atoms with Gasteiger partial charge in [-0.2, -0.15) is 0 Å². The maximum absolute atomic E-state index is 5.45. The van der Waals surface area contributed by atoms with Crippen molar-refractivity contribution in [2.75, 3.05) is 38.2 Å². The van der Waals surface area contributed by atoms with Crippen molar-refractivity contribution in [2.24, 2.45) is 0 Å². The lowest BCUT2D eigenvalue weighted by Crippen LogP contribution is -2.46. The molecule has 1 saturated heterocycles. The molecule has 0 N–H and O–H groups in total. The van der Waals surface area contributed by atoms with Gasteiger partial charge in [0.2, 0.25) is 0 Å². The summed E-state index contributed by atoms with van der Waals surface area (Å²) in [6, 6.07) is 14.4. The second-order valence-electron chi connectivity index (χ2n) is 6.31. The van der Waals surface area contributed by atoms with Gasteiger partial charge in [0.05, 0.1) is 24.7 Å². The van der Waals surface area contributed by atoms with Gasteiger partial charge in [0, 0.05) is 44.3 Å². The van der Waals surface area contributed by atoms with Crippen LogP contribution in [0.15, 0.2) is 54.9 Å². The molecule has 2 aromatic heterocycles. The monoisotopic (exact) mass is 334 g/mol. The van der Waals surface area contributed by atoms with E-state index in [2.05, 4.69) is 39.0 Å². The van der Waals surface area contributed by atoms with Gasteiger partial charge in [-0.25, -0.2) is 4.98 Å². The summed E-state index contributed by atoms with van der Waals surface area (Å²) >= 11 is 0. The zero-order valence-corrected chi connectivity index (χ0v) is 14.4.